The fraction of sp³-hybridized carbons (Fsp3) is 0.421. The molecule has 1 aromatic heterocycles. The predicted octanol–water partition coefficient (Wildman–Crippen LogP) is 2.91. The molecule has 1 atom stereocenters. The van der Waals surface area contributed by atoms with Crippen molar-refractivity contribution in [2.24, 2.45) is 0 Å². The van der Waals surface area contributed by atoms with Gasteiger partial charge in [-0.15, -0.1) is 10.2 Å². The highest BCUT2D eigenvalue weighted by atomic mass is 19.4. The first kappa shape index (κ1) is 18.7. The van der Waals surface area contributed by atoms with Crippen LogP contribution >= 0.6 is 0 Å². The molecular weight excluding hydrogens is 371 g/mol. The third-order valence-electron chi connectivity index (χ3n) is 5.18. The lowest BCUT2D eigenvalue weighted by Gasteiger charge is -2.30. The summed E-state index contributed by atoms with van der Waals surface area (Å²) in [6, 6.07) is 4.91. The second kappa shape index (κ2) is 7.05. The number of rotatable bonds is 3. The van der Waals surface area contributed by atoms with E-state index in [1.807, 2.05) is 7.05 Å². The molecule has 9 heteroatoms. The first-order chi connectivity index (χ1) is 13.3. The molecule has 0 radical (unpaired) electrons. The molecule has 2 aromatic rings. The number of carbonyl (C=O) groups excluding carboxylic acids is 1. The van der Waals surface area contributed by atoms with Crippen molar-refractivity contribution in [3.05, 3.63) is 41.0 Å². The largest absolute Gasteiger partial charge is 0.416 e. The Balaban J connectivity index is 1.66. The number of anilines is 1. The van der Waals surface area contributed by atoms with Gasteiger partial charge in [-0.2, -0.15) is 13.2 Å². The monoisotopic (exact) mass is 391 g/mol. The number of alkyl halides is 3. The van der Waals surface area contributed by atoms with Gasteiger partial charge in [-0.3, -0.25) is 4.79 Å². The van der Waals surface area contributed by atoms with Crippen molar-refractivity contribution in [3.63, 3.8) is 0 Å². The van der Waals surface area contributed by atoms with Gasteiger partial charge >= 0.3 is 6.18 Å². The van der Waals surface area contributed by atoms with E-state index in [2.05, 4.69) is 25.7 Å². The van der Waals surface area contributed by atoms with E-state index in [9.17, 15) is 18.0 Å². The summed E-state index contributed by atoms with van der Waals surface area (Å²) in [6.07, 6.45) is -2.37. The SMILES string of the molecule is CN1CCC[C@@H](Nc2nnc(-c3ccc(C(F)(F)F)cc3)c3c2C(=O)NC3)C1. The van der Waals surface area contributed by atoms with Gasteiger partial charge in [0.25, 0.3) is 5.91 Å². The lowest BCUT2D eigenvalue weighted by atomic mass is 10.0. The second-order valence-electron chi connectivity index (χ2n) is 7.25. The molecular formula is C19H20F3N5O. The number of hydrogen-bond donors (Lipinski definition) is 2. The molecule has 6 nitrogen and oxygen atoms in total. The van der Waals surface area contributed by atoms with Crippen molar-refractivity contribution in [1.82, 2.24) is 20.4 Å². The van der Waals surface area contributed by atoms with Crippen LogP contribution in [0.25, 0.3) is 11.3 Å². The lowest BCUT2D eigenvalue weighted by molar-refractivity contribution is -0.137. The summed E-state index contributed by atoms with van der Waals surface area (Å²) in [5.41, 5.74) is 1.28. The first-order valence-electron chi connectivity index (χ1n) is 9.13. The normalized spacial score (nSPS) is 20.0. The maximum absolute atomic E-state index is 12.8. The molecule has 0 saturated carbocycles. The highest BCUT2D eigenvalue weighted by Crippen LogP contribution is 2.34. The van der Waals surface area contributed by atoms with E-state index in [1.165, 1.54) is 12.1 Å². The van der Waals surface area contributed by atoms with Crippen molar-refractivity contribution >= 4 is 11.7 Å². The van der Waals surface area contributed by atoms with Crippen LogP contribution in [0.4, 0.5) is 19.0 Å². The van der Waals surface area contributed by atoms with E-state index >= 15 is 0 Å². The first-order valence-corrected chi connectivity index (χ1v) is 9.13. The Morgan fingerprint density at radius 1 is 1.21 bits per heavy atom. The molecule has 1 amide bonds. The second-order valence-corrected chi connectivity index (χ2v) is 7.25. The topological polar surface area (TPSA) is 70.1 Å². The Kier molecular flexibility index (Phi) is 4.70. The fourth-order valence-corrected chi connectivity index (χ4v) is 3.77. The molecule has 4 rings (SSSR count). The van der Waals surface area contributed by atoms with Gasteiger partial charge in [0.2, 0.25) is 0 Å². The predicted molar refractivity (Wildman–Crippen MR) is 97.8 cm³/mol. The third kappa shape index (κ3) is 3.54. The summed E-state index contributed by atoms with van der Waals surface area (Å²) in [7, 11) is 2.05. The highest BCUT2D eigenvalue weighted by molar-refractivity contribution is 6.04. The number of likely N-dealkylation sites (N-methyl/N-ethyl adjacent to an activating group) is 1. The Hall–Kier alpha value is -2.68. The number of nitrogens with zero attached hydrogens (tertiary/aromatic N) is 3. The molecule has 0 spiro atoms. The molecule has 0 bridgehead atoms. The van der Waals surface area contributed by atoms with E-state index in [-0.39, 0.29) is 18.5 Å². The number of piperidine rings is 1. The molecule has 1 aromatic carbocycles. The minimum Gasteiger partial charge on any atom is -0.364 e. The summed E-state index contributed by atoms with van der Waals surface area (Å²) < 4.78 is 38.4. The smallest absolute Gasteiger partial charge is 0.364 e. The van der Waals surface area contributed by atoms with Crippen LogP contribution in [0.15, 0.2) is 24.3 Å². The van der Waals surface area contributed by atoms with Crippen molar-refractivity contribution in [2.45, 2.75) is 31.6 Å². The quantitative estimate of drug-likeness (QED) is 0.842. The molecule has 1 saturated heterocycles. The molecule has 0 unspecified atom stereocenters. The number of nitrogens with one attached hydrogen (secondary N) is 2. The summed E-state index contributed by atoms with van der Waals surface area (Å²) in [5.74, 6) is 0.186. The molecule has 148 valence electrons. The summed E-state index contributed by atoms with van der Waals surface area (Å²) >= 11 is 0. The average molecular weight is 391 g/mol. The average Bonchev–Trinajstić information content (AvgIpc) is 3.04. The van der Waals surface area contributed by atoms with Gasteiger partial charge in [0, 0.05) is 30.3 Å². The minimum absolute atomic E-state index is 0.169. The van der Waals surface area contributed by atoms with Gasteiger partial charge < -0.3 is 15.5 Å². The highest BCUT2D eigenvalue weighted by Gasteiger charge is 2.32. The number of aromatic nitrogens is 2. The van der Waals surface area contributed by atoms with Crippen molar-refractivity contribution < 1.29 is 18.0 Å². The summed E-state index contributed by atoms with van der Waals surface area (Å²) in [5, 5.41) is 14.5. The summed E-state index contributed by atoms with van der Waals surface area (Å²) in [6.45, 7) is 2.16. The van der Waals surface area contributed by atoms with Crippen molar-refractivity contribution in [2.75, 3.05) is 25.5 Å². The zero-order valence-electron chi connectivity index (χ0n) is 15.3. The number of carbonyl (C=O) groups is 1. The van der Waals surface area contributed by atoms with Crippen LogP contribution in [0, 0.1) is 0 Å². The number of fused-ring (bicyclic) bond motifs is 1. The Morgan fingerprint density at radius 2 is 1.96 bits per heavy atom. The maximum atomic E-state index is 12.8. The van der Waals surface area contributed by atoms with Crippen molar-refractivity contribution in [1.29, 1.82) is 0 Å². The number of likely N-dealkylation sites (tertiary alicyclic amines) is 1. The molecule has 2 N–H and O–H groups in total. The molecule has 2 aliphatic heterocycles. The third-order valence-corrected chi connectivity index (χ3v) is 5.18. The number of hydrogen-bond acceptors (Lipinski definition) is 5. The molecule has 28 heavy (non-hydrogen) atoms. The van der Waals surface area contributed by atoms with Crippen LogP contribution in [-0.2, 0) is 12.7 Å². The minimum atomic E-state index is -4.40. The zero-order valence-corrected chi connectivity index (χ0v) is 15.3. The van der Waals surface area contributed by atoms with E-state index in [1.54, 1.807) is 0 Å². The molecule has 2 aliphatic rings. The van der Waals surface area contributed by atoms with Crippen LogP contribution in [-0.4, -0.2) is 47.2 Å². The Bertz CT molecular complexity index is 898. The van der Waals surface area contributed by atoms with Crippen LogP contribution < -0.4 is 10.6 Å². The van der Waals surface area contributed by atoms with Crippen LogP contribution in [0.3, 0.4) is 0 Å². The van der Waals surface area contributed by atoms with Gasteiger partial charge in [0.05, 0.1) is 16.8 Å². The van der Waals surface area contributed by atoms with Crippen LogP contribution in [0.1, 0.15) is 34.3 Å². The number of amides is 1. The maximum Gasteiger partial charge on any atom is 0.416 e. The van der Waals surface area contributed by atoms with Gasteiger partial charge in [0.1, 0.15) is 0 Å². The summed E-state index contributed by atoms with van der Waals surface area (Å²) in [4.78, 5) is 14.6. The van der Waals surface area contributed by atoms with Crippen molar-refractivity contribution in [3.8, 4) is 11.3 Å². The van der Waals surface area contributed by atoms with E-state index in [0.717, 1.165) is 38.1 Å². The number of halogens is 3. The van der Waals surface area contributed by atoms with E-state index in [4.69, 9.17) is 0 Å². The van der Waals surface area contributed by atoms with Gasteiger partial charge in [0.15, 0.2) is 5.82 Å². The lowest BCUT2D eigenvalue weighted by Crippen LogP contribution is -2.40. The molecule has 0 aliphatic carbocycles. The Morgan fingerprint density at radius 3 is 2.64 bits per heavy atom. The fourth-order valence-electron chi connectivity index (χ4n) is 3.77. The van der Waals surface area contributed by atoms with Gasteiger partial charge in [-0.05, 0) is 38.6 Å². The van der Waals surface area contributed by atoms with E-state index < -0.39 is 11.7 Å². The Labute approximate surface area is 160 Å². The molecule has 1 fully saturated rings. The van der Waals surface area contributed by atoms with Crippen LogP contribution in [0.5, 0.6) is 0 Å². The standard InChI is InChI=1S/C19H20F3N5O/c1-27-8-2-3-13(10-27)24-17-15-14(9-23-18(15)28)16(25-26-17)11-4-6-12(7-5-11)19(20,21)22/h4-7,13H,2-3,8-10H2,1H3,(H,23,28)(H,24,26)/t13-/m1/s1. The van der Waals surface area contributed by atoms with Gasteiger partial charge in [-0.1, -0.05) is 12.1 Å². The van der Waals surface area contributed by atoms with Gasteiger partial charge in [-0.25, -0.2) is 0 Å². The number of benzene rings is 1. The molecule has 3 heterocycles. The van der Waals surface area contributed by atoms with Crippen LogP contribution in [0.2, 0.25) is 0 Å². The van der Waals surface area contributed by atoms with E-state index in [0.29, 0.717) is 28.2 Å². The zero-order chi connectivity index (χ0) is 19.9.